The fraction of sp³-hybridized carbons (Fsp3) is 0.667. The van der Waals surface area contributed by atoms with Crippen molar-refractivity contribution in [3.05, 3.63) is 11.1 Å². The van der Waals surface area contributed by atoms with E-state index in [0.717, 1.165) is 37.0 Å². The van der Waals surface area contributed by atoms with E-state index < -0.39 is 9.84 Å². The lowest BCUT2D eigenvalue weighted by molar-refractivity contribution is -0.119. The van der Waals surface area contributed by atoms with Crippen LogP contribution < -0.4 is 5.32 Å². The summed E-state index contributed by atoms with van der Waals surface area (Å²) >= 11 is 0.907. The molecule has 1 amide bonds. The first-order valence-corrected chi connectivity index (χ1v) is 10.4. The quantitative estimate of drug-likeness (QED) is 0.750. The van der Waals surface area contributed by atoms with E-state index in [9.17, 15) is 18.0 Å². The SMILES string of the molecule is CCS(=O)(=O)c1ncc(C(=O)NCCCC2C3CCC(=O)C23)s1. The van der Waals surface area contributed by atoms with Crippen molar-refractivity contribution in [2.24, 2.45) is 17.8 Å². The number of amides is 1. The maximum atomic E-state index is 12.0. The van der Waals surface area contributed by atoms with Gasteiger partial charge in [0.15, 0.2) is 0 Å². The van der Waals surface area contributed by atoms with Crippen LogP contribution >= 0.6 is 11.3 Å². The summed E-state index contributed by atoms with van der Waals surface area (Å²) in [5.74, 6) is 1.53. The van der Waals surface area contributed by atoms with Gasteiger partial charge in [0.2, 0.25) is 14.2 Å². The predicted octanol–water partition coefficient (Wildman–Crippen LogP) is 1.67. The zero-order valence-electron chi connectivity index (χ0n) is 12.9. The molecule has 3 atom stereocenters. The molecule has 23 heavy (non-hydrogen) atoms. The van der Waals surface area contributed by atoms with E-state index in [1.165, 1.54) is 6.20 Å². The summed E-state index contributed by atoms with van der Waals surface area (Å²) in [5, 5.41) is 2.79. The molecule has 8 heteroatoms. The first-order valence-electron chi connectivity index (χ1n) is 7.93. The summed E-state index contributed by atoms with van der Waals surface area (Å²) in [6.45, 7) is 2.09. The Morgan fingerprint density at radius 2 is 2.26 bits per heavy atom. The predicted molar refractivity (Wildman–Crippen MR) is 86.1 cm³/mol. The van der Waals surface area contributed by atoms with Gasteiger partial charge in [-0.15, -0.1) is 0 Å². The number of thiazole rings is 1. The van der Waals surface area contributed by atoms with Crippen molar-refractivity contribution < 1.29 is 18.0 Å². The lowest BCUT2D eigenvalue weighted by atomic mass is 10.1. The van der Waals surface area contributed by atoms with E-state index >= 15 is 0 Å². The first kappa shape index (κ1) is 16.6. The summed E-state index contributed by atoms with van der Waals surface area (Å²) in [6, 6.07) is 0. The van der Waals surface area contributed by atoms with Gasteiger partial charge in [-0.25, -0.2) is 13.4 Å². The molecule has 2 fully saturated rings. The molecule has 3 rings (SSSR count). The van der Waals surface area contributed by atoms with Crippen molar-refractivity contribution in [3.8, 4) is 0 Å². The first-order chi connectivity index (χ1) is 10.9. The van der Waals surface area contributed by atoms with Gasteiger partial charge in [0.1, 0.15) is 10.7 Å². The average Bonchev–Trinajstić information content (AvgIpc) is 2.89. The molecule has 1 N–H and O–H groups in total. The number of nitrogens with one attached hydrogen (secondary N) is 1. The molecular weight excluding hydrogens is 336 g/mol. The number of Topliss-reactive ketones (excluding diaryl/α,β-unsaturated/α-hetero) is 1. The Hall–Kier alpha value is -1.28. The Kier molecular flexibility index (Phi) is 4.55. The molecule has 126 valence electrons. The molecule has 2 aliphatic carbocycles. The fourth-order valence-corrected chi connectivity index (χ4v) is 5.60. The van der Waals surface area contributed by atoms with Crippen molar-refractivity contribution >= 4 is 32.9 Å². The van der Waals surface area contributed by atoms with E-state index in [4.69, 9.17) is 0 Å². The van der Waals surface area contributed by atoms with Crippen LogP contribution in [0.1, 0.15) is 42.3 Å². The maximum Gasteiger partial charge on any atom is 0.263 e. The lowest BCUT2D eigenvalue weighted by Gasteiger charge is -2.04. The molecule has 2 saturated carbocycles. The van der Waals surface area contributed by atoms with Gasteiger partial charge < -0.3 is 5.32 Å². The van der Waals surface area contributed by atoms with Crippen LogP contribution in [0.5, 0.6) is 0 Å². The second kappa shape index (κ2) is 6.32. The second-order valence-electron chi connectivity index (χ2n) is 6.15. The molecule has 6 nitrogen and oxygen atoms in total. The number of aromatic nitrogens is 1. The molecule has 2 aliphatic rings. The minimum absolute atomic E-state index is 0.00512. The minimum Gasteiger partial charge on any atom is -0.351 e. The number of carbonyl (C=O) groups is 2. The van der Waals surface area contributed by atoms with Crippen LogP contribution in [0, 0.1) is 17.8 Å². The van der Waals surface area contributed by atoms with Crippen LogP contribution in [0.15, 0.2) is 10.5 Å². The Morgan fingerprint density at radius 1 is 1.48 bits per heavy atom. The summed E-state index contributed by atoms with van der Waals surface area (Å²) in [5.41, 5.74) is 0. The number of hydrogen-bond donors (Lipinski definition) is 1. The molecule has 1 aromatic heterocycles. The van der Waals surface area contributed by atoms with Gasteiger partial charge in [0.25, 0.3) is 5.91 Å². The van der Waals surface area contributed by atoms with Crippen molar-refractivity contribution in [1.82, 2.24) is 10.3 Å². The molecule has 3 unspecified atom stereocenters. The van der Waals surface area contributed by atoms with E-state index in [2.05, 4.69) is 10.3 Å². The Bertz CT molecular complexity index is 726. The van der Waals surface area contributed by atoms with Crippen LogP contribution in [-0.4, -0.2) is 37.4 Å². The smallest absolute Gasteiger partial charge is 0.263 e. The summed E-state index contributed by atoms with van der Waals surface area (Å²) in [6.07, 6.45) is 4.91. The van der Waals surface area contributed by atoms with Crippen LogP contribution in [0.2, 0.25) is 0 Å². The van der Waals surface area contributed by atoms with Crippen molar-refractivity contribution in [2.75, 3.05) is 12.3 Å². The van der Waals surface area contributed by atoms with E-state index in [1.54, 1.807) is 6.92 Å². The number of rotatable bonds is 7. The second-order valence-corrected chi connectivity index (χ2v) is 9.63. The third-order valence-corrected chi connectivity index (χ3v) is 7.98. The molecule has 0 radical (unpaired) electrons. The lowest BCUT2D eigenvalue weighted by Crippen LogP contribution is -2.23. The molecule has 0 spiro atoms. The number of sulfone groups is 1. The molecule has 0 bridgehead atoms. The highest BCUT2D eigenvalue weighted by Gasteiger charge is 2.56. The zero-order chi connectivity index (χ0) is 16.6. The van der Waals surface area contributed by atoms with Gasteiger partial charge in [0.05, 0.1) is 11.9 Å². The fourth-order valence-electron chi connectivity index (χ4n) is 3.44. The van der Waals surface area contributed by atoms with Crippen molar-refractivity contribution in [1.29, 1.82) is 0 Å². The third-order valence-electron chi connectivity index (χ3n) is 4.78. The van der Waals surface area contributed by atoms with Gasteiger partial charge in [-0.2, -0.15) is 0 Å². The van der Waals surface area contributed by atoms with Gasteiger partial charge in [-0.1, -0.05) is 18.3 Å². The number of carbonyl (C=O) groups excluding carboxylic acids is 2. The van der Waals surface area contributed by atoms with Gasteiger partial charge in [-0.05, 0) is 31.1 Å². The van der Waals surface area contributed by atoms with E-state index in [0.29, 0.717) is 35.0 Å². The van der Waals surface area contributed by atoms with Crippen LogP contribution in [0.3, 0.4) is 0 Å². The molecule has 0 aromatic carbocycles. The average molecular weight is 356 g/mol. The maximum absolute atomic E-state index is 12.0. The Morgan fingerprint density at radius 3 is 2.91 bits per heavy atom. The van der Waals surface area contributed by atoms with E-state index in [-0.39, 0.29) is 16.0 Å². The third kappa shape index (κ3) is 3.33. The molecule has 0 aliphatic heterocycles. The normalized spacial score (nSPS) is 26.1. The summed E-state index contributed by atoms with van der Waals surface area (Å²) < 4.78 is 23.4. The number of hydrogen-bond acceptors (Lipinski definition) is 6. The highest BCUT2D eigenvalue weighted by Crippen LogP contribution is 2.57. The van der Waals surface area contributed by atoms with Crippen LogP contribution in [0.4, 0.5) is 0 Å². The zero-order valence-corrected chi connectivity index (χ0v) is 14.6. The monoisotopic (exact) mass is 356 g/mol. The highest BCUT2D eigenvalue weighted by atomic mass is 32.2. The number of fused-ring (bicyclic) bond motifs is 1. The van der Waals surface area contributed by atoms with Crippen molar-refractivity contribution in [3.63, 3.8) is 0 Å². The van der Waals surface area contributed by atoms with Crippen molar-refractivity contribution in [2.45, 2.75) is 36.9 Å². The molecule has 0 saturated heterocycles. The molecule has 1 aromatic rings. The van der Waals surface area contributed by atoms with E-state index in [1.807, 2.05) is 0 Å². The Balaban J connectivity index is 1.43. The highest BCUT2D eigenvalue weighted by molar-refractivity contribution is 7.93. The Labute approximate surface area is 139 Å². The summed E-state index contributed by atoms with van der Waals surface area (Å²) in [7, 11) is -3.36. The minimum atomic E-state index is -3.36. The number of nitrogens with zero attached hydrogens (tertiary/aromatic N) is 1. The van der Waals surface area contributed by atoms with Gasteiger partial charge in [0, 0.05) is 18.9 Å². The molecular formula is C15H20N2O4S2. The van der Waals surface area contributed by atoms with Gasteiger partial charge in [-0.3, -0.25) is 9.59 Å². The topological polar surface area (TPSA) is 93.2 Å². The summed E-state index contributed by atoms with van der Waals surface area (Å²) in [4.78, 5) is 27.7. The van der Waals surface area contributed by atoms with Crippen LogP contribution in [-0.2, 0) is 14.6 Å². The standard InChI is InChI=1S/C15H20N2O4S2/c1-2-23(20,21)15-17-8-12(22-15)14(19)16-7-3-4-9-10-5-6-11(18)13(9)10/h8-10,13H,2-7H2,1H3,(H,16,19). The van der Waals surface area contributed by atoms with Gasteiger partial charge >= 0.3 is 0 Å². The molecule has 1 heterocycles. The largest absolute Gasteiger partial charge is 0.351 e. The number of ketones is 1. The van der Waals surface area contributed by atoms with Crippen LogP contribution in [0.25, 0.3) is 0 Å².